The van der Waals surface area contributed by atoms with Crippen molar-refractivity contribution in [1.82, 2.24) is 19.9 Å². The molecule has 2 unspecified atom stereocenters. The van der Waals surface area contributed by atoms with E-state index >= 15 is 0 Å². The van der Waals surface area contributed by atoms with Gasteiger partial charge in [-0.25, -0.2) is 19.6 Å². The molecule has 6 aromatic rings. The number of benzene rings is 3. The third-order valence-electron chi connectivity index (χ3n) is 12.3. The molecule has 0 radical (unpaired) electrons. The van der Waals surface area contributed by atoms with Gasteiger partial charge in [0.05, 0.1) is 60.0 Å². The SMILES string of the molecule is CCCC(CC(C)C)Oc1c2nc(cc3cc(-c4cccc(-c5ccc(C(=O)OC)cc5)c4)c([nH]3)c(OC(CCC)CC(C)C)c3nc(c(-c4ccc(C(=O)OC)cc4)c4ccc1[nH]4)C=C3)C=C2. The Hall–Kier alpha value is -7.20. The largest absolute Gasteiger partial charge is 0.486 e. The van der Waals surface area contributed by atoms with Gasteiger partial charge in [0.25, 0.3) is 0 Å². The molecule has 8 bridgehead atoms. The Kier molecular flexibility index (Phi) is 14.7. The molecule has 0 aliphatic carbocycles. The summed E-state index contributed by atoms with van der Waals surface area (Å²) in [4.78, 5) is 43.1. The first-order chi connectivity index (χ1) is 32.9. The molecule has 2 aliphatic heterocycles. The van der Waals surface area contributed by atoms with E-state index in [-0.39, 0.29) is 18.2 Å². The number of carbonyl (C=O) groups excluding carboxylic acids is 2. The number of aromatic amines is 2. The minimum atomic E-state index is -0.406. The van der Waals surface area contributed by atoms with E-state index in [1.807, 2.05) is 48.6 Å². The number of methoxy groups -OCH3 is 2. The molecule has 0 amide bonds. The molecule has 10 heteroatoms. The molecule has 10 nitrogen and oxygen atoms in total. The zero-order valence-electron chi connectivity index (χ0n) is 40.4. The van der Waals surface area contributed by atoms with E-state index < -0.39 is 5.97 Å². The quantitative estimate of drug-likeness (QED) is 0.0864. The van der Waals surface area contributed by atoms with Crippen molar-refractivity contribution in [3.63, 3.8) is 0 Å². The van der Waals surface area contributed by atoms with Crippen LogP contribution in [0, 0.1) is 11.8 Å². The number of nitrogens with zero attached hydrogens (tertiary/aromatic N) is 2. The Bertz CT molecular complexity index is 3010. The van der Waals surface area contributed by atoms with Crippen molar-refractivity contribution in [3.05, 3.63) is 131 Å². The number of fused-ring (bicyclic) bond motifs is 8. The van der Waals surface area contributed by atoms with Gasteiger partial charge in [0.1, 0.15) is 11.4 Å². The summed E-state index contributed by atoms with van der Waals surface area (Å²) in [6.07, 6.45) is 13.5. The molecule has 2 N–H and O–H groups in total. The van der Waals surface area contributed by atoms with Crippen LogP contribution in [-0.4, -0.2) is 58.3 Å². The first-order valence-electron chi connectivity index (χ1n) is 23.9. The highest BCUT2D eigenvalue weighted by molar-refractivity contribution is 5.97. The van der Waals surface area contributed by atoms with Crippen molar-refractivity contribution in [2.45, 2.75) is 92.3 Å². The molecule has 3 aromatic carbocycles. The highest BCUT2D eigenvalue weighted by atomic mass is 16.5. The van der Waals surface area contributed by atoms with E-state index in [0.29, 0.717) is 40.2 Å². The minimum Gasteiger partial charge on any atom is -0.486 e. The number of ether oxygens (including phenoxy) is 4. The van der Waals surface area contributed by atoms with Crippen LogP contribution in [0.5, 0.6) is 11.5 Å². The highest BCUT2D eigenvalue weighted by Gasteiger charge is 2.23. The zero-order valence-corrected chi connectivity index (χ0v) is 40.4. The van der Waals surface area contributed by atoms with Gasteiger partial charge in [-0.05, 0) is 139 Å². The van der Waals surface area contributed by atoms with Gasteiger partial charge in [-0.3, -0.25) is 0 Å². The second-order valence-corrected chi connectivity index (χ2v) is 18.5. The Morgan fingerprint density at radius 2 is 1.12 bits per heavy atom. The van der Waals surface area contributed by atoms with Crippen molar-refractivity contribution < 1.29 is 28.5 Å². The molecule has 3 aromatic heterocycles. The van der Waals surface area contributed by atoms with Crippen molar-refractivity contribution in [1.29, 1.82) is 0 Å². The number of H-pyrrole nitrogens is 2. The number of hydrogen-bond acceptors (Lipinski definition) is 8. The lowest BCUT2D eigenvalue weighted by Crippen LogP contribution is -2.19. The third kappa shape index (κ3) is 10.7. The fourth-order valence-corrected chi connectivity index (χ4v) is 9.11. The van der Waals surface area contributed by atoms with Gasteiger partial charge >= 0.3 is 11.9 Å². The summed E-state index contributed by atoms with van der Waals surface area (Å²) in [5, 5.41) is 0. The predicted octanol–water partition coefficient (Wildman–Crippen LogP) is 14.4. The summed E-state index contributed by atoms with van der Waals surface area (Å²) in [6, 6.07) is 31.6. The lowest BCUT2D eigenvalue weighted by Gasteiger charge is -2.21. The lowest BCUT2D eigenvalue weighted by molar-refractivity contribution is 0.0592. The molecule has 8 rings (SSSR count). The summed E-state index contributed by atoms with van der Waals surface area (Å²) in [5.41, 5.74) is 12.6. The van der Waals surface area contributed by atoms with E-state index in [2.05, 4.69) is 100 Å². The Labute approximate surface area is 399 Å². The maximum Gasteiger partial charge on any atom is 0.337 e. The zero-order chi connectivity index (χ0) is 47.9. The number of esters is 2. The molecular formula is C58H62N4O6. The maximum absolute atomic E-state index is 12.6. The fraction of sp³-hybridized carbons (Fsp3) is 0.310. The first-order valence-corrected chi connectivity index (χ1v) is 23.9. The van der Waals surface area contributed by atoms with Crippen LogP contribution in [0.15, 0.2) is 97.1 Å². The Morgan fingerprint density at radius 3 is 1.74 bits per heavy atom. The molecule has 0 fully saturated rings. The first kappa shape index (κ1) is 47.3. The van der Waals surface area contributed by atoms with E-state index in [9.17, 15) is 9.59 Å². The van der Waals surface area contributed by atoms with Gasteiger partial charge in [-0.1, -0.05) is 96.8 Å². The van der Waals surface area contributed by atoms with Gasteiger partial charge in [0, 0.05) is 22.2 Å². The second kappa shape index (κ2) is 21.2. The van der Waals surface area contributed by atoms with Crippen LogP contribution in [0.1, 0.15) is 124 Å². The number of carbonyl (C=O) groups is 2. The van der Waals surface area contributed by atoms with Crippen LogP contribution in [0.4, 0.5) is 0 Å². The molecule has 0 saturated carbocycles. The van der Waals surface area contributed by atoms with Crippen molar-refractivity contribution in [2.24, 2.45) is 11.8 Å². The van der Waals surface area contributed by atoms with Crippen molar-refractivity contribution >= 4 is 58.3 Å². The third-order valence-corrected chi connectivity index (χ3v) is 12.3. The van der Waals surface area contributed by atoms with Gasteiger partial charge in [0.2, 0.25) is 0 Å². The minimum absolute atomic E-state index is 0.0126. The summed E-state index contributed by atoms with van der Waals surface area (Å²) < 4.78 is 24.3. The normalized spacial score (nSPS) is 12.9. The van der Waals surface area contributed by atoms with E-state index in [1.54, 1.807) is 24.3 Å². The predicted molar refractivity (Wildman–Crippen MR) is 275 cm³/mol. The molecule has 0 saturated heterocycles. The van der Waals surface area contributed by atoms with Crippen molar-refractivity contribution in [2.75, 3.05) is 14.2 Å². The molecule has 2 aliphatic rings. The van der Waals surface area contributed by atoms with E-state index in [0.717, 1.165) is 111 Å². The van der Waals surface area contributed by atoms with Gasteiger partial charge in [-0.2, -0.15) is 0 Å². The van der Waals surface area contributed by atoms with Crippen LogP contribution in [0.2, 0.25) is 0 Å². The lowest BCUT2D eigenvalue weighted by atomic mass is 9.98. The highest BCUT2D eigenvalue weighted by Crippen LogP contribution is 2.40. The molecule has 2 atom stereocenters. The maximum atomic E-state index is 12.6. The summed E-state index contributed by atoms with van der Waals surface area (Å²) in [5.74, 6) is 1.38. The Morgan fingerprint density at radius 1 is 0.559 bits per heavy atom. The molecular weight excluding hydrogens is 849 g/mol. The average Bonchev–Trinajstić information content (AvgIpc) is 4.18. The van der Waals surface area contributed by atoms with Gasteiger partial charge < -0.3 is 28.9 Å². The number of aromatic nitrogens is 4. The Balaban J connectivity index is 1.45. The molecule has 0 spiro atoms. The average molecular weight is 911 g/mol. The number of rotatable bonds is 17. The second-order valence-electron chi connectivity index (χ2n) is 18.5. The molecule has 350 valence electrons. The van der Waals surface area contributed by atoms with Crippen LogP contribution in [0.3, 0.4) is 0 Å². The van der Waals surface area contributed by atoms with Crippen molar-refractivity contribution in [3.8, 4) is 44.9 Å². The van der Waals surface area contributed by atoms with E-state index in [1.165, 1.54) is 14.2 Å². The van der Waals surface area contributed by atoms with Gasteiger partial charge in [0.15, 0.2) is 11.5 Å². The van der Waals surface area contributed by atoms with Gasteiger partial charge in [-0.15, -0.1) is 0 Å². The monoisotopic (exact) mass is 910 g/mol. The summed E-state index contributed by atoms with van der Waals surface area (Å²) >= 11 is 0. The van der Waals surface area contributed by atoms with E-state index in [4.69, 9.17) is 28.9 Å². The van der Waals surface area contributed by atoms with Crippen LogP contribution >= 0.6 is 0 Å². The molecule has 68 heavy (non-hydrogen) atoms. The van der Waals surface area contributed by atoms with Crippen LogP contribution < -0.4 is 9.47 Å². The topological polar surface area (TPSA) is 128 Å². The van der Waals surface area contributed by atoms with Crippen LogP contribution in [0.25, 0.3) is 79.8 Å². The molecule has 5 heterocycles. The number of nitrogens with one attached hydrogen (secondary N) is 2. The van der Waals surface area contributed by atoms with Crippen LogP contribution in [-0.2, 0) is 9.47 Å². The standard InChI is InChI=1S/C58H62N4O6/c1-9-12-45(30-35(3)4)67-55-50-25-24-43(59-50)33-44-34-47(42-15-11-14-41(32-42)37-16-20-39(21-17-37)57(63)65-7)54(60-44)56(68-46(13-10-2)31-36(5)6)52-29-27-49(62-52)53(48-26-28-51(55)61-48)38-18-22-40(23-19-38)58(64)66-8/h11,14-29,32-36,45-46,60-61H,9-10,12-13,30-31H2,1-8H3. The summed E-state index contributed by atoms with van der Waals surface area (Å²) in [6.45, 7) is 13.3. The summed E-state index contributed by atoms with van der Waals surface area (Å²) in [7, 11) is 2.77. The fourth-order valence-electron chi connectivity index (χ4n) is 9.11. The smallest absolute Gasteiger partial charge is 0.337 e. The number of hydrogen-bond donors (Lipinski definition) is 2.